The van der Waals surface area contributed by atoms with Crippen molar-refractivity contribution in [3.63, 3.8) is 0 Å². The lowest BCUT2D eigenvalue weighted by Crippen LogP contribution is -2.40. The Bertz CT molecular complexity index is 910. The van der Waals surface area contributed by atoms with Crippen LogP contribution in [0.1, 0.15) is 18.4 Å². The first-order chi connectivity index (χ1) is 12.7. The Hall–Kier alpha value is -3.35. The number of anilines is 1. The molecule has 0 unspecified atom stereocenters. The Morgan fingerprint density at radius 3 is 3.00 bits per heavy atom. The van der Waals surface area contributed by atoms with Crippen LogP contribution in [0.2, 0.25) is 0 Å². The van der Waals surface area contributed by atoms with Gasteiger partial charge in [-0.05, 0) is 31.2 Å². The smallest absolute Gasteiger partial charge is 0.319 e. The zero-order chi connectivity index (χ0) is 17.9. The summed E-state index contributed by atoms with van der Waals surface area (Å²) in [5.41, 5.74) is 2.64. The molecule has 0 spiro atoms. The maximum Gasteiger partial charge on any atom is 0.319 e. The summed E-state index contributed by atoms with van der Waals surface area (Å²) in [5, 5.41) is 13.6. The van der Waals surface area contributed by atoms with Gasteiger partial charge in [0.1, 0.15) is 5.75 Å². The van der Waals surface area contributed by atoms with Crippen molar-refractivity contribution in [1.29, 1.82) is 0 Å². The van der Waals surface area contributed by atoms with E-state index < -0.39 is 0 Å². The van der Waals surface area contributed by atoms with Gasteiger partial charge in [0.2, 0.25) is 0 Å². The van der Waals surface area contributed by atoms with Gasteiger partial charge in [-0.2, -0.15) is 0 Å². The zero-order valence-corrected chi connectivity index (χ0v) is 14.3. The third-order valence-corrected chi connectivity index (χ3v) is 4.49. The van der Waals surface area contributed by atoms with E-state index in [9.17, 15) is 4.79 Å². The Morgan fingerprint density at radius 2 is 2.15 bits per heavy atom. The molecule has 26 heavy (non-hydrogen) atoms. The molecule has 7 heteroatoms. The maximum atomic E-state index is 12.4. The minimum Gasteiger partial charge on any atom is -0.493 e. The number of rotatable bonds is 4. The van der Waals surface area contributed by atoms with Gasteiger partial charge in [0.15, 0.2) is 0 Å². The lowest BCUT2D eigenvalue weighted by atomic mass is 9.94. The minimum atomic E-state index is -0.252. The molecule has 0 saturated heterocycles. The number of amides is 2. The molecule has 0 saturated carbocycles. The van der Waals surface area contributed by atoms with Crippen molar-refractivity contribution in [2.24, 2.45) is 0 Å². The number of aromatic nitrogens is 3. The highest BCUT2D eigenvalue weighted by molar-refractivity contribution is 5.89. The van der Waals surface area contributed by atoms with Crippen LogP contribution in [0, 0.1) is 0 Å². The fraction of sp³-hybridized carbons (Fsp3) is 0.211. The fourth-order valence-corrected chi connectivity index (χ4v) is 3.15. The second kappa shape index (κ2) is 6.87. The summed E-state index contributed by atoms with van der Waals surface area (Å²) < 4.78 is 7.34. The average Bonchev–Trinajstić information content (AvgIpc) is 3.32. The third-order valence-electron chi connectivity index (χ3n) is 4.49. The van der Waals surface area contributed by atoms with Crippen LogP contribution in [0.15, 0.2) is 60.9 Å². The van der Waals surface area contributed by atoms with Crippen molar-refractivity contribution in [2.45, 2.75) is 18.9 Å². The van der Waals surface area contributed by atoms with E-state index >= 15 is 0 Å². The molecule has 1 aromatic heterocycles. The number of para-hydroxylation sites is 1. The van der Waals surface area contributed by atoms with Gasteiger partial charge in [-0.15, -0.1) is 5.10 Å². The summed E-state index contributed by atoms with van der Waals surface area (Å²) in [4.78, 5) is 12.4. The molecule has 0 aliphatic carbocycles. The van der Waals surface area contributed by atoms with Gasteiger partial charge in [-0.3, -0.25) is 0 Å². The first-order valence-corrected chi connectivity index (χ1v) is 8.47. The molecule has 0 bridgehead atoms. The van der Waals surface area contributed by atoms with Crippen LogP contribution < -0.4 is 15.4 Å². The van der Waals surface area contributed by atoms with E-state index in [1.54, 1.807) is 17.1 Å². The van der Waals surface area contributed by atoms with Crippen molar-refractivity contribution in [2.75, 3.05) is 11.9 Å². The van der Waals surface area contributed by atoms with Crippen LogP contribution >= 0.6 is 0 Å². The van der Waals surface area contributed by atoms with Crippen molar-refractivity contribution in [3.8, 4) is 11.4 Å². The monoisotopic (exact) mass is 349 g/mol. The molecule has 2 heterocycles. The summed E-state index contributed by atoms with van der Waals surface area (Å²) in [6.07, 6.45) is 3.36. The van der Waals surface area contributed by atoms with Crippen LogP contribution in [-0.2, 0) is 0 Å². The highest BCUT2D eigenvalue weighted by Gasteiger charge is 2.29. The van der Waals surface area contributed by atoms with Gasteiger partial charge >= 0.3 is 6.03 Å². The number of nitrogens with one attached hydrogen (secondary N) is 2. The van der Waals surface area contributed by atoms with Gasteiger partial charge in [0, 0.05) is 23.2 Å². The Kier molecular flexibility index (Phi) is 4.27. The van der Waals surface area contributed by atoms with Crippen molar-refractivity contribution in [1.82, 2.24) is 20.3 Å². The molecule has 7 nitrogen and oxygen atoms in total. The van der Waals surface area contributed by atoms with E-state index in [0.29, 0.717) is 12.3 Å². The average molecular weight is 349 g/mol. The van der Waals surface area contributed by atoms with E-state index in [0.717, 1.165) is 17.0 Å². The van der Waals surface area contributed by atoms with Gasteiger partial charge < -0.3 is 15.4 Å². The van der Waals surface area contributed by atoms with Crippen LogP contribution in [0.25, 0.3) is 5.69 Å². The van der Waals surface area contributed by atoms with Crippen LogP contribution in [-0.4, -0.2) is 33.7 Å². The van der Waals surface area contributed by atoms with E-state index in [-0.39, 0.29) is 18.0 Å². The first-order valence-electron chi connectivity index (χ1n) is 8.47. The summed E-state index contributed by atoms with van der Waals surface area (Å²) in [7, 11) is 0. The Balaban J connectivity index is 1.41. The van der Waals surface area contributed by atoms with Crippen LogP contribution in [0.4, 0.5) is 10.5 Å². The first kappa shape index (κ1) is 16.1. The summed E-state index contributed by atoms with van der Waals surface area (Å²) >= 11 is 0. The molecule has 4 rings (SSSR count). The second-order valence-electron chi connectivity index (χ2n) is 6.24. The topological polar surface area (TPSA) is 81.1 Å². The normalized spacial score (nSPS) is 16.4. The molecule has 2 atom stereocenters. The second-order valence-corrected chi connectivity index (χ2v) is 6.24. The predicted molar refractivity (Wildman–Crippen MR) is 97.7 cm³/mol. The lowest BCUT2D eigenvalue weighted by molar-refractivity contribution is 0.244. The largest absolute Gasteiger partial charge is 0.493 e. The number of carbonyl (C=O) groups is 1. The number of nitrogens with zero attached hydrogens (tertiary/aromatic N) is 3. The van der Waals surface area contributed by atoms with E-state index in [1.165, 1.54) is 0 Å². The minimum absolute atomic E-state index is 0.0582. The fourth-order valence-electron chi connectivity index (χ4n) is 3.15. The van der Waals surface area contributed by atoms with Gasteiger partial charge in [0.05, 0.1) is 24.7 Å². The van der Waals surface area contributed by atoms with Crippen molar-refractivity contribution >= 4 is 11.7 Å². The molecular weight excluding hydrogens is 330 g/mol. The zero-order valence-electron chi connectivity index (χ0n) is 14.3. The highest BCUT2D eigenvalue weighted by atomic mass is 16.5. The SMILES string of the molecule is C[C@H](NC(=O)Nc1cccc(-n2ccnn2)c1)[C@H]1COc2ccccc21. The molecular formula is C19H19N5O2. The molecule has 0 fully saturated rings. The molecule has 1 aliphatic rings. The van der Waals surface area contributed by atoms with Crippen molar-refractivity contribution in [3.05, 3.63) is 66.5 Å². The number of fused-ring (bicyclic) bond motifs is 1. The molecule has 3 aromatic rings. The third kappa shape index (κ3) is 3.23. The van der Waals surface area contributed by atoms with Gasteiger partial charge in [-0.1, -0.05) is 29.5 Å². The van der Waals surface area contributed by atoms with Crippen molar-refractivity contribution < 1.29 is 9.53 Å². The lowest BCUT2D eigenvalue weighted by Gasteiger charge is -2.20. The molecule has 2 aromatic carbocycles. The molecule has 2 amide bonds. The van der Waals surface area contributed by atoms with Crippen LogP contribution in [0.3, 0.4) is 0 Å². The van der Waals surface area contributed by atoms with Crippen LogP contribution in [0.5, 0.6) is 5.75 Å². The number of hydrogen-bond donors (Lipinski definition) is 2. The summed E-state index contributed by atoms with van der Waals surface area (Å²) in [6, 6.07) is 15.1. The Labute approximate surface area is 151 Å². The maximum absolute atomic E-state index is 12.4. The summed E-state index contributed by atoms with van der Waals surface area (Å²) in [6.45, 7) is 2.56. The number of ether oxygens (including phenoxy) is 1. The number of hydrogen-bond acceptors (Lipinski definition) is 4. The van der Waals surface area contributed by atoms with E-state index in [4.69, 9.17) is 4.74 Å². The van der Waals surface area contributed by atoms with E-state index in [1.807, 2.05) is 55.5 Å². The standard InChI is InChI=1S/C19H19N5O2/c1-13(17-12-26-18-8-3-2-7-16(17)18)21-19(25)22-14-5-4-6-15(11-14)24-10-9-20-23-24/h2-11,13,17H,12H2,1H3,(H2,21,22,25)/t13-,17+/m0/s1. The molecule has 0 radical (unpaired) electrons. The summed E-state index contributed by atoms with van der Waals surface area (Å²) in [5.74, 6) is 1.03. The Morgan fingerprint density at radius 1 is 1.27 bits per heavy atom. The number of benzene rings is 2. The number of carbonyl (C=O) groups excluding carboxylic acids is 1. The quantitative estimate of drug-likeness (QED) is 0.759. The highest BCUT2D eigenvalue weighted by Crippen LogP contribution is 2.35. The number of urea groups is 1. The predicted octanol–water partition coefficient (Wildman–Crippen LogP) is 2.95. The van der Waals surface area contributed by atoms with E-state index in [2.05, 4.69) is 20.9 Å². The van der Waals surface area contributed by atoms with Gasteiger partial charge in [0.25, 0.3) is 0 Å². The molecule has 132 valence electrons. The van der Waals surface area contributed by atoms with Gasteiger partial charge in [-0.25, -0.2) is 9.48 Å². The molecule has 2 N–H and O–H groups in total. The molecule has 1 aliphatic heterocycles.